The van der Waals surface area contributed by atoms with E-state index in [9.17, 15) is 0 Å². The van der Waals surface area contributed by atoms with Crippen LogP contribution in [0.25, 0.3) is 11.2 Å². The van der Waals surface area contributed by atoms with Crippen LogP contribution in [0, 0.1) is 20.8 Å². The first-order valence-corrected chi connectivity index (χ1v) is 6.40. The zero-order valence-electron chi connectivity index (χ0n) is 11.4. The zero-order chi connectivity index (χ0) is 12.6. The molecule has 17 heavy (non-hydrogen) atoms. The number of rotatable bonds is 3. The summed E-state index contributed by atoms with van der Waals surface area (Å²) in [5.41, 5.74) is 5.38. The predicted molar refractivity (Wildman–Crippen MR) is 71.4 cm³/mol. The van der Waals surface area contributed by atoms with Gasteiger partial charge in [-0.25, -0.2) is 9.97 Å². The summed E-state index contributed by atoms with van der Waals surface area (Å²) in [7, 11) is 0. The Bertz CT molecular complexity index is 536. The van der Waals surface area contributed by atoms with Crippen molar-refractivity contribution < 1.29 is 0 Å². The predicted octanol–water partition coefficient (Wildman–Crippen LogP) is 3.72. The molecule has 0 unspecified atom stereocenters. The molecule has 0 fully saturated rings. The van der Waals surface area contributed by atoms with Crippen molar-refractivity contribution in [2.24, 2.45) is 0 Å². The maximum absolute atomic E-state index is 4.71. The molecule has 0 aliphatic carbocycles. The SMILES string of the molecule is CCC(CC)n1cc(C)c2nc(C)c(C)nc21. The van der Waals surface area contributed by atoms with Crippen LogP contribution in [0.15, 0.2) is 6.20 Å². The van der Waals surface area contributed by atoms with Crippen LogP contribution in [0.4, 0.5) is 0 Å². The quantitative estimate of drug-likeness (QED) is 0.806. The first-order valence-electron chi connectivity index (χ1n) is 6.40. The molecule has 0 atom stereocenters. The van der Waals surface area contributed by atoms with Crippen molar-refractivity contribution in [3.63, 3.8) is 0 Å². The molecule has 0 aliphatic heterocycles. The maximum Gasteiger partial charge on any atom is 0.159 e. The summed E-state index contributed by atoms with van der Waals surface area (Å²) in [4.78, 5) is 9.38. The minimum atomic E-state index is 0.530. The van der Waals surface area contributed by atoms with Crippen LogP contribution >= 0.6 is 0 Å². The first-order chi connectivity index (χ1) is 8.08. The highest BCUT2D eigenvalue weighted by Crippen LogP contribution is 2.25. The van der Waals surface area contributed by atoms with Gasteiger partial charge in [0.1, 0.15) is 5.52 Å². The fourth-order valence-electron chi connectivity index (χ4n) is 2.33. The molecule has 2 rings (SSSR count). The average Bonchev–Trinajstić information content (AvgIpc) is 2.60. The average molecular weight is 231 g/mol. The van der Waals surface area contributed by atoms with E-state index in [0.29, 0.717) is 6.04 Å². The Morgan fingerprint density at radius 1 is 1.06 bits per heavy atom. The standard InChI is InChI=1S/C14H21N3/c1-6-12(7-2)17-8-9(3)13-14(17)16-11(5)10(4)15-13/h8,12H,6-7H2,1-5H3. The summed E-state index contributed by atoms with van der Waals surface area (Å²) >= 11 is 0. The molecule has 0 radical (unpaired) electrons. The van der Waals surface area contributed by atoms with E-state index in [0.717, 1.165) is 35.4 Å². The number of hydrogen-bond donors (Lipinski definition) is 0. The fourth-order valence-corrected chi connectivity index (χ4v) is 2.33. The minimum Gasteiger partial charge on any atom is -0.328 e. The third kappa shape index (κ3) is 1.94. The fraction of sp³-hybridized carbons (Fsp3) is 0.571. The molecule has 0 spiro atoms. The normalized spacial score (nSPS) is 11.6. The molecule has 0 bridgehead atoms. The summed E-state index contributed by atoms with van der Waals surface area (Å²) < 4.78 is 2.30. The Balaban J connectivity index is 2.69. The van der Waals surface area contributed by atoms with Gasteiger partial charge in [-0.15, -0.1) is 0 Å². The molecule has 3 heteroatoms. The van der Waals surface area contributed by atoms with Crippen LogP contribution in [0.1, 0.15) is 49.7 Å². The van der Waals surface area contributed by atoms with Crippen molar-refractivity contribution in [3.05, 3.63) is 23.1 Å². The van der Waals surface area contributed by atoms with Gasteiger partial charge in [-0.2, -0.15) is 0 Å². The number of nitrogens with zero attached hydrogens (tertiary/aromatic N) is 3. The second-order valence-electron chi connectivity index (χ2n) is 4.76. The molecular formula is C14H21N3. The highest BCUT2D eigenvalue weighted by Gasteiger charge is 2.15. The molecule has 2 aromatic rings. The lowest BCUT2D eigenvalue weighted by molar-refractivity contribution is 0.482. The van der Waals surface area contributed by atoms with Crippen LogP contribution in [0.3, 0.4) is 0 Å². The van der Waals surface area contributed by atoms with Gasteiger partial charge in [-0.05, 0) is 39.2 Å². The van der Waals surface area contributed by atoms with E-state index in [1.807, 2.05) is 13.8 Å². The van der Waals surface area contributed by atoms with Crippen molar-refractivity contribution >= 4 is 11.2 Å². The van der Waals surface area contributed by atoms with Gasteiger partial charge in [0.2, 0.25) is 0 Å². The molecule has 0 amide bonds. The van der Waals surface area contributed by atoms with Crippen molar-refractivity contribution in [2.45, 2.75) is 53.5 Å². The number of aromatic nitrogens is 3. The Kier molecular flexibility index (Phi) is 3.18. The molecule has 92 valence electrons. The lowest BCUT2D eigenvalue weighted by Crippen LogP contribution is -2.07. The van der Waals surface area contributed by atoms with E-state index in [2.05, 4.69) is 36.5 Å². The Morgan fingerprint density at radius 3 is 2.24 bits per heavy atom. The van der Waals surface area contributed by atoms with E-state index in [1.54, 1.807) is 0 Å². The molecule has 0 aromatic carbocycles. The third-order valence-corrected chi connectivity index (χ3v) is 3.58. The van der Waals surface area contributed by atoms with Crippen LogP contribution in [0.2, 0.25) is 0 Å². The van der Waals surface area contributed by atoms with Crippen molar-refractivity contribution in [2.75, 3.05) is 0 Å². The van der Waals surface area contributed by atoms with Gasteiger partial charge in [-0.1, -0.05) is 13.8 Å². The first kappa shape index (κ1) is 12.1. The monoisotopic (exact) mass is 231 g/mol. The molecule has 2 heterocycles. The zero-order valence-corrected chi connectivity index (χ0v) is 11.4. The van der Waals surface area contributed by atoms with Gasteiger partial charge in [0.15, 0.2) is 5.65 Å². The van der Waals surface area contributed by atoms with Crippen LogP contribution < -0.4 is 0 Å². The van der Waals surface area contributed by atoms with Gasteiger partial charge < -0.3 is 4.57 Å². The Hall–Kier alpha value is -1.38. The van der Waals surface area contributed by atoms with E-state index in [-0.39, 0.29) is 0 Å². The molecule has 0 aliphatic rings. The van der Waals surface area contributed by atoms with E-state index >= 15 is 0 Å². The largest absolute Gasteiger partial charge is 0.328 e. The van der Waals surface area contributed by atoms with Crippen LogP contribution in [0.5, 0.6) is 0 Å². The lowest BCUT2D eigenvalue weighted by atomic mass is 10.2. The summed E-state index contributed by atoms with van der Waals surface area (Å²) in [6.07, 6.45) is 4.46. The summed E-state index contributed by atoms with van der Waals surface area (Å²) in [6, 6.07) is 0.530. The third-order valence-electron chi connectivity index (χ3n) is 3.58. The molecule has 0 saturated heterocycles. The van der Waals surface area contributed by atoms with Crippen molar-refractivity contribution in [1.29, 1.82) is 0 Å². The smallest absolute Gasteiger partial charge is 0.159 e. The lowest BCUT2D eigenvalue weighted by Gasteiger charge is -2.15. The molecule has 3 nitrogen and oxygen atoms in total. The maximum atomic E-state index is 4.71. The molecule has 0 N–H and O–H groups in total. The molecule has 2 aromatic heterocycles. The van der Waals surface area contributed by atoms with E-state index in [4.69, 9.17) is 4.98 Å². The topological polar surface area (TPSA) is 30.7 Å². The van der Waals surface area contributed by atoms with Gasteiger partial charge in [0.05, 0.1) is 11.4 Å². The summed E-state index contributed by atoms with van der Waals surface area (Å²) in [5, 5.41) is 0. The second kappa shape index (κ2) is 4.47. The van der Waals surface area contributed by atoms with Gasteiger partial charge in [0, 0.05) is 12.2 Å². The Labute approximate surface area is 103 Å². The number of hydrogen-bond acceptors (Lipinski definition) is 2. The highest BCUT2D eigenvalue weighted by atomic mass is 15.1. The summed E-state index contributed by atoms with van der Waals surface area (Å²) in [6.45, 7) is 10.6. The minimum absolute atomic E-state index is 0.530. The van der Waals surface area contributed by atoms with Gasteiger partial charge in [0.25, 0.3) is 0 Å². The molecular weight excluding hydrogens is 210 g/mol. The van der Waals surface area contributed by atoms with E-state index < -0.39 is 0 Å². The second-order valence-corrected chi connectivity index (χ2v) is 4.76. The van der Waals surface area contributed by atoms with Crippen LogP contribution in [-0.4, -0.2) is 14.5 Å². The van der Waals surface area contributed by atoms with Gasteiger partial charge >= 0.3 is 0 Å². The summed E-state index contributed by atoms with van der Waals surface area (Å²) in [5.74, 6) is 0. The van der Waals surface area contributed by atoms with Gasteiger partial charge in [-0.3, -0.25) is 0 Å². The number of fused-ring (bicyclic) bond motifs is 1. The number of aryl methyl sites for hydroxylation is 3. The van der Waals surface area contributed by atoms with Crippen LogP contribution in [-0.2, 0) is 0 Å². The van der Waals surface area contributed by atoms with Crippen molar-refractivity contribution in [1.82, 2.24) is 14.5 Å². The highest BCUT2D eigenvalue weighted by molar-refractivity contribution is 5.76. The van der Waals surface area contributed by atoms with Crippen molar-refractivity contribution in [3.8, 4) is 0 Å². The molecule has 0 saturated carbocycles. The Morgan fingerprint density at radius 2 is 1.65 bits per heavy atom. The van der Waals surface area contributed by atoms with E-state index in [1.165, 1.54) is 5.56 Å².